The lowest BCUT2D eigenvalue weighted by Gasteiger charge is -2.07. The summed E-state index contributed by atoms with van der Waals surface area (Å²) in [6, 6.07) is 1.30. The maximum Gasteiger partial charge on any atom is 0.261 e. The van der Waals surface area contributed by atoms with Crippen molar-refractivity contribution in [3.05, 3.63) is 15.8 Å². The number of carbonyl (C=O) groups excluding carboxylic acids is 1. The summed E-state index contributed by atoms with van der Waals surface area (Å²) in [6.07, 6.45) is 0.106. The van der Waals surface area contributed by atoms with Gasteiger partial charge in [0, 0.05) is 11.4 Å². The Morgan fingerprint density at radius 3 is 2.63 bits per heavy atom. The van der Waals surface area contributed by atoms with Crippen LogP contribution in [0.1, 0.15) is 28.4 Å². The van der Waals surface area contributed by atoms with E-state index in [0.717, 1.165) is 11.3 Å². The predicted octanol–water partition coefficient (Wildman–Crippen LogP) is 0.859. The molecule has 1 amide bonds. The van der Waals surface area contributed by atoms with Crippen LogP contribution >= 0.6 is 11.3 Å². The van der Waals surface area contributed by atoms with Crippen molar-refractivity contribution in [2.45, 2.75) is 31.8 Å². The van der Waals surface area contributed by atoms with Gasteiger partial charge in [0.25, 0.3) is 5.91 Å². The van der Waals surface area contributed by atoms with Crippen molar-refractivity contribution < 1.29 is 17.9 Å². The number of rotatable bonds is 6. The van der Waals surface area contributed by atoms with E-state index in [-0.39, 0.29) is 16.9 Å². The Hall–Kier alpha value is -0.960. The number of hydrogen-bond donors (Lipinski definition) is 2. The Morgan fingerprint density at radius 1 is 1.53 bits per heavy atom. The van der Waals surface area contributed by atoms with Gasteiger partial charge >= 0.3 is 0 Å². The van der Waals surface area contributed by atoms with E-state index in [9.17, 15) is 13.2 Å². The SMILES string of the molecule is Cc1sc(C(=O)NCCOC(C)C)cc1S(N)(=O)=O. The van der Waals surface area contributed by atoms with Crippen molar-refractivity contribution in [2.24, 2.45) is 5.14 Å². The predicted molar refractivity (Wildman–Crippen MR) is 73.9 cm³/mol. The summed E-state index contributed by atoms with van der Waals surface area (Å²) in [4.78, 5) is 12.6. The second-order valence-electron chi connectivity index (χ2n) is 4.25. The lowest BCUT2D eigenvalue weighted by atomic mass is 10.4. The fraction of sp³-hybridized carbons (Fsp3) is 0.545. The monoisotopic (exact) mass is 306 g/mol. The molecular weight excluding hydrogens is 288 g/mol. The molecule has 0 saturated heterocycles. The van der Waals surface area contributed by atoms with Crippen LogP contribution in [0.2, 0.25) is 0 Å². The van der Waals surface area contributed by atoms with E-state index < -0.39 is 10.0 Å². The van der Waals surface area contributed by atoms with E-state index in [0.29, 0.717) is 22.9 Å². The molecule has 1 rings (SSSR count). The van der Waals surface area contributed by atoms with Crippen LogP contribution in [0.4, 0.5) is 0 Å². The minimum Gasteiger partial charge on any atom is -0.377 e. The minimum absolute atomic E-state index is 0.00100. The Kier molecular flexibility index (Phi) is 5.48. The van der Waals surface area contributed by atoms with E-state index in [1.807, 2.05) is 13.8 Å². The van der Waals surface area contributed by atoms with Gasteiger partial charge in [-0.25, -0.2) is 13.6 Å². The molecule has 0 atom stereocenters. The number of carbonyl (C=O) groups is 1. The highest BCUT2D eigenvalue weighted by atomic mass is 32.2. The van der Waals surface area contributed by atoms with Gasteiger partial charge in [-0.05, 0) is 26.8 Å². The third kappa shape index (κ3) is 4.90. The minimum atomic E-state index is -3.78. The second kappa shape index (κ2) is 6.47. The van der Waals surface area contributed by atoms with Crippen LogP contribution in [-0.4, -0.2) is 33.6 Å². The normalized spacial score (nSPS) is 11.8. The smallest absolute Gasteiger partial charge is 0.261 e. The summed E-state index contributed by atoms with van der Waals surface area (Å²) >= 11 is 1.10. The summed E-state index contributed by atoms with van der Waals surface area (Å²) in [5.41, 5.74) is 0. The Morgan fingerprint density at radius 2 is 2.16 bits per heavy atom. The summed E-state index contributed by atoms with van der Waals surface area (Å²) in [5.74, 6) is -0.324. The first-order valence-corrected chi connectivity index (χ1v) is 8.11. The maximum absolute atomic E-state index is 11.8. The number of primary sulfonamides is 1. The molecule has 0 aromatic carbocycles. The average Bonchev–Trinajstić information content (AvgIpc) is 2.66. The van der Waals surface area contributed by atoms with E-state index in [4.69, 9.17) is 9.88 Å². The highest BCUT2D eigenvalue weighted by molar-refractivity contribution is 7.89. The van der Waals surface area contributed by atoms with Crippen LogP contribution in [0.3, 0.4) is 0 Å². The number of hydrogen-bond acceptors (Lipinski definition) is 5. The van der Waals surface area contributed by atoms with Crippen LogP contribution in [0.15, 0.2) is 11.0 Å². The molecule has 0 fully saturated rings. The maximum atomic E-state index is 11.8. The molecule has 0 aliphatic heterocycles. The molecular formula is C11H18N2O4S2. The highest BCUT2D eigenvalue weighted by Gasteiger charge is 2.18. The number of aryl methyl sites for hydroxylation is 1. The quantitative estimate of drug-likeness (QED) is 0.761. The fourth-order valence-corrected chi connectivity index (χ4v) is 3.47. The number of sulfonamides is 1. The van der Waals surface area contributed by atoms with Crippen LogP contribution in [0.5, 0.6) is 0 Å². The zero-order chi connectivity index (χ0) is 14.6. The third-order valence-electron chi connectivity index (χ3n) is 2.24. The van der Waals surface area contributed by atoms with Crippen LogP contribution in [0.25, 0.3) is 0 Å². The van der Waals surface area contributed by atoms with E-state index in [2.05, 4.69) is 5.32 Å². The van der Waals surface area contributed by atoms with Crippen molar-refractivity contribution >= 4 is 27.3 Å². The third-order valence-corrected chi connectivity index (χ3v) is 4.46. The molecule has 8 heteroatoms. The molecule has 0 aliphatic carbocycles. The molecule has 108 valence electrons. The number of amides is 1. The van der Waals surface area contributed by atoms with Crippen molar-refractivity contribution in [3.8, 4) is 0 Å². The van der Waals surface area contributed by atoms with Crippen molar-refractivity contribution in [1.82, 2.24) is 5.32 Å². The van der Waals surface area contributed by atoms with Gasteiger partial charge in [-0.2, -0.15) is 0 Å². The van der Waals surface area contributed by atoms with E-state index >= 15 is 0 Å². The lowest BCUT2D eigenvalue weighted by molar-refractivity contribution is 0.0748. The summed E-state index contributed by atoms with van der Waals surface area (Å²) in [7, 11) is -3.78. The number of ether oxygens (including phenoxy) is 1. The number of nitrogens with two attached hydrogens (primary N) is 1. The Balaban J connectivity index is 2.64. The summed E-state index contributed by atoms with van der Waals surface area (Å²) in [6.45, 7) is 6.21. The Labute approximate surface area is 117 Å². The lowest BCUT2D eigenvalue weighted by Crippen LogP contribution is -2.27. The number of thiophene rings is 1. The van der Waals surface area contributed by atoms with Gasteiger partial charge in [0.15, 0.2) is 0 Å². The van der Waals surface area contributed by atoms with Crippen molar-refractivity contribution in [1.29, 1.82) is 0 Å². The molecule has 3 N–H and O–H groups in total. The summed E-state index contributed by atoms with van der Waals surface area (Å²) < 4.78 is 27.8. The molecule has 0 saturated carbocycles. The van der Waals surface area contributed by atoms with Crippen molar-refractivity contribution in [2.75, 3.05) is 13.2 Å². The van der Waals surface area contributed by atoms with Gasteiger partial charge < -0.3 is 10.1 Å². The average molecular weight is 306 g/mol. The van der Waals surface area contributed by atoms with Crippen molar-refractivity contribution in [3.63, 3.8) is 0 Å². The molecule has 0 radical (unpaired) electrons. The first kappa shape index (κ1) is 16.1. The zero-order valence-electron chi connectivity index (χ0n) is 11.1. The zero-order valence-corrected chi connectivity index (χ0v) is 12.7. The molecule has 0 bridgehead atoms. The summed E-state index contributed by atoms with van der Waals surface area (Å²) in [5, 5.41) is 7.71. The van der Waals surface area contributed by atoms with E-state index in [1.54, 1.807) is 6.92 Å². The van der Waals surface area contributed by atoms with Gasteiger partial charge in [0.1, 0.15) is 0 Å². The van der Waals surface area contributed by atoms with Gasteiger partial charge in [0.2, 0.25) is 10.0 Å². The first-order chi connectivity index (χ1) is 8.71. The fourth-order valence-electron chi connectivity index (χ4n) is 1.41. The largest absolute Gasteiger partial charge is 0.377 e. The first-order valence-electron chi connectivity index (χ1n) is 5.75. The van der Waals surface area contributed by atoms with Gasteiger partial charge in [-0.1, -0.05) is 0 Å². The molecule has 0 spiro atoms. The molecule has 1 aromatic rings. The molecule has 6 nitrogen and oxygen atoms in total. The molecule has 1 heterocycles. The van der Waals surface area contributed by atoms with E-state index in [1.165, 1.54) is 6.07 Å². The van der Waals surface area contributed by atoms with Gasteiger partial charge in [-0.15, -0.1) is 11.3 Å². The molecule has 0 unspecified atom stereocenters. The van der Waals surface area contributed by atoms with Gasteiger partial charge in [-0.3, -0.25) is 4.79 Å². The van der Waals surface area contributed by atoms with Gasteiger partial charge in [0.05, 0.1) is 22.5 Å². The molecule has 0 aliphatic rings. The van der Waals surface area contributed by atoms with Crippen LogP contribution in [0, 0.1) is 6.92 Å². The van der Waals surface area contributed by atoms with Crippen LogP contribution < -0.4 is 10.5 Å². The topological polar surface area (TPSA) is 98.5 Å². The van der Waals surface area contributed by atoms with Crippen LogP contribution in [-0.2, 0) is 14.8 Å². The number of nitrogens with one attached hydrogen (secondary N) is 1. The highest BCUT2D eigenvalue weighted by Crippen LogP contribution is 2.24. The standard InChI is InChI=1S/C11H18N2O4S2/c1-7(2)17-5-4-13-11(14)9-6-10(8(3)18-9)19(12,15)16/h6-7H,4-5H2,1-3H3,(H,13,14)(H2,12,15,16). The molecule has 19 heavy (non-hydrogen) atoms. The Bertz CT molecular complexity index is 549. The molecule has 1 aromatic heterocycles. The second-order valence-corrected chi connectivity index (χ2v) is 7.04.